The zero-order chi connectivity index (χ0) is 9.42. The zero-order valence-corrected chi connectivity index (χ0v) is 6.80. The number of hydrogen-bond acceptors (Lipinski definition) is 2. The smallest absolute Gasteiger partial charge is 0.242 e. The van der Waals surface area contributed by atoms with Crippen molar-refractivity contribution < 1.29 is 18.0 Å². The van der Waals surface area contributed by atoms with Gasteiger partial charge in [-0.2, -0.15) is 0 Å². The molecule has 1 aromatic rings. The molecule has 0 saturated carbocycles. The van der Waals surface area contributed by atoms with Gasteiger partial charge in [0.25, 0.3) is 0 Å². The molecule has 1 aliphatic rings. The highest BCUT2D eigenvalue weighted by atomic mass is 19.3. The third-order valence-corrected chi connectivity index (χ3v) is 2.30. The van der Waals surface area contributed by atoms with Crippen molar-refractivity contribution in [2.45, 2.75) is 19.3 Å². The highest BCUT2D eigenvalue weighted by molar-refractivity contribution is 5.98. The van der Waals surface area contributed by atoms with Crippen molar-refractivity contribution in [1.29, 1.82) is 0 Å². The van der Waals surface area contributed by atoms with E-state index in [1.165, 1.54) is 6.26 Å². The quantitative estimate of drug-likeness (QED) is 0.673. The average molecular weight is 186 g/mol. The van der Waals surface area contributed by atoms with Gasteiger partial charge >= 0.3 is 0 Å². The maximum Gasteiger partial charge on any atom is 0.242 e. The summed E-state index contributed by atoms with van der Waals surface area (Å²) >= 11 is 0. The molecular weight excluding hydrogens is 178 g/mol. The summed E-state index contributed by atoms with van der Waals surface area (Å²) in [5.41, 5.74) is 0.469. The first-order valence-electron chi connectivity index (χ1n) is 4.06. The first kappa shape index (κ1) is 8.41. The molecule has 1 aliphatic carbocycles. The van der Waals surface area contributed by atoms with Gasteiger partial charge in [-0.3, -0.25) is 4.79 Å². The van der Waals surface area contributed by atoms with Gasteiger partial charge < -0.3 is 4.42 Å². The molecule has 2 nitrogen and oxygen atoms in total. The molecule has 0 spiro atoms. The lowest BCUT2D eigenvalue weighted by atomic mass is 9.88. The number of rotatable bonds is 1. The van der Waals surface area contributed by atoms with Gasteiger partial charge in [0.05, 0.1) is 11.8 Å². The number of halogens is 2. The van der Waals surface area contributed by atoms with Crippen LogP contribution in [0.2, 0.25) is 0 Å². The second-order valence-electron chi connectivity index (χ2n) is 3.18. The lowest BCUT2D eigenvalue weighted by Crippen LogP contribution is -2.24. The second-order valence-corrected chi connectivity index (χ2v) is 3.18. The molecule has 0 saturated heterocycles. The molecule has 70 valence electrons. The first-order valence-corrected chi connectivity index (χ1v) is 4.06. The van der Waals surface area contributed by atoms with Gasteiger partial charge in [-0.25, -0.2) is 8.78 Å². The maximum absolute atomic E-state index is 12.3. The van der Waals surface area contributed by atoms with Crippen molar-refractivity contribution in [2.24, 2.45) is 5.92 Å². The van der Waals surface area contributed by atoms with Crippen molar-refractivity contribution in [3.63, 3.8) is 0 Å². The molecule has 0 aromatic carbocycles. The molecule has 0 amide bonds. The highest BCUT2D eigenvalue weighted by Gasteiger charge is 2.32. The molecule has 1 aromatic heterocycles. The normalized spacial score (nSPS) is 22.1. The lowest BCUT2D eigenvalue weighted by molar-refractivity contribution is 0.0571. The van der Waals surface area contributed by atoms with Crippen LogP contribution >= 0.6 is 0 Å². The van der Waals surface area contributed by atoms with Crippen molar-refractivity contribution in [3.8, 4) is 0 Å². The lowest BCUT2D eigenvalue weighted by Gasteiger charge is -2.18. The average Bonchev–Trinajstić information content (AvgIpc) is 2.51. The highest BCUT2D eigenvalue weighted by Crippen LogP contribution is 2.29. The Hall–Kier alpha value is -1.19. The number of carbonyl (C=O) groups is 1. The number of alkyl halides is 2. The van der Waals surface area contributed by atoms with E-state index in [-0.39, 0.29) is 18.6 Å². The van der Waals surface area contributed by atoms with Crippen LogP contribution in [-0.2, 0) is 6.42 Å². The molecule has 4 heteroatoms. The topological polar surface area (TPSA) is 30.2 Å². The number of ketones is 1. The van der Waals surface area contributed by atoms with E-state index in [0.29, 0.717) is 11.3 Å². The summed E-state index contributed by atoms with van der Waals surface area (Å²) in [6, 6.07) is 1.54. The van der Waals surface area contributed by atoms with Gasteiger partial charge in [0.2, 0.25) is 6.43 Å². The SMILES string of the molecule is O=C1CC(C(F)F)Cc2occc21. The van der Waals surface area contributed by atoms with Gasteiger partial charge in [0.1, 0.15) is 5.76 Å². The summed E-state index contributed by atoms with van der Waals surface area (Å²) in [4.78, 5) is 11.3. The zero-order valence-electron chi connectivity index (χ0n) is 6.80. The minimum atomic E-state index is -2.44. The number of furan rings is 1. The Morgan fingerprint density at radius 1 is 1.46 bits per heavy atom. The maximum atomic E-state index is 12.3. The molecule has 0 aliphatic heterocycles. The predicted molar refractivity (Wildman–Crippen MR) is 40.9 cm³/mol. The van der Waals surface area contributed by atoms with Crippen molar-refractivity contribution in [2.75, 3.05) is 0 Å². The summed E-state index contributed by atoms with van der Waals surface area (Å²) in [6.07, 6.45) is -0.964. The van der Waals surface area contributed by atoms with E-state index in [9.17, 15) is 13.6 Å². The van der Waals surface area contributed by atoms with Crippen LogP contribution in [0.25, 0.3) is 0 Å². The molecule has 0 N–H and O–H groups in total. The van der Waals surface area contributed by atoms with Crippen LogP contribution in [0.5, 0.6) is 0 Å². The van der Waals surface area contributed by atoms with Crippen molar-refractivity contribution >= 4 is 5.78 Å². The predicted octanol–water partition coefficient (Wildman–Crippen LogP) is 2.29. The molecule has 2 rings (SSSR count). The third-order valence-electron chi connectivity index (χ3n) is 2.30. The van der Waals surface area contributed by atoms with Crippen LogP contribution in [-0.4, -0.2) is 12.2 Å². The molecule has 1 heterocycles. The van der Waals surface area contributed by atoms with Gasteiger partial charge in [-0.05, 0) is 6.07 Å². The van der Waals surface area contributed by atoms with E-state index in [1.807, 2.05) is 0 Å². The van der Waals surface area contributed by atoms with E-state index in [4.69, 9.17) is 4.42 Å². The molecule has 13 heavy (non-hydrogen) atoms. The Morgan fingerprint density at radius 2 is 2.23 bits per heavy atom. The minimum Gasteiger partial charge on any atom is -0.469 e. The van der Waals surface area contributed by atoms with E-state index in [2.05, 4.69) is 0 Å². The van der Waals surface area contributed by atoms with E-state index in [1.54, 1.807) is 6.07 Å². The monoisotopic (exact) mass is 186 g/mol. The van der Waals surface area contributed by atoms with Crippen LogP contribution in [0.3, 0.4) is 0 Å². The number of carbonyl (C=O) groups excluding carboxylic acids is 1. The summed E-state index contributed by atoms with van der Waals surface area (Å²) in [5, 5.41) is 0. The molecule has 0 fully saturated rings. The Morgan fingerprint density at radius 3 is 2.92 bits per heavy atom. The standard InChI is InChI=1S/C9H8F2O2/c10-9(11)5-3-7(12)6-1-2-13-8(6)4-5/h1-2,5,9H,3-4H2. The van der Waals surface area contributed by atoms with E-state index >= 15 is 0 Å². The van der Waals surface area contributed by atoms with Crippen LogP contribution in [0.1, 0.15) is 22.5 Å². The fraction of sp³-hybridized carbons (Fsp3) is 0.444. The summed E-state index contributed by atoms with van der Waals surface area (Å²) in [5.74, 6) is -0.701. The number of Topliss-reactive ketones (excluding diaryl/α,β-unsaturated/α-hetero) is 1. The van der Waals surface area contributed by atoms with Crippen molar-refractivity contribution in [3.05, 3.63) is 23.7 Å². The fourth-order valence-electron chi connectivity index (χ4n) is 1.58. The molecule has 0 bridgehead atoms. The van der Waals surface area contributed by atoms with Crippen LogP contribution in [0.4, 0.5) is 8.78 Å². The molecular formula is C9H8F2O2. The Labute approximate surface area is 73.5 Å². The van der Waals surface area contributed by atoms with Gasteiger partial charge in [-0.15, -0.1) is 0 Å². The van der Waals surface area contributed by atoms with Gasteiger partial charge in [0.15, 0.2) is 5.78 Å². The largest absolute Gasteiger partial charge is 0.469 e. The molecule has 0 radical (unpaired) electrons. The fourth-order valence-corrected chi connectivity index (χ4v) is 1.58. The number of hydrogen-bond donors (Lipinski definition) is 0. The third kappa shape index (κ3) is 1.36. The van der Waals surface area contributed by atoms with E-state index < -0.39 is 12.3 Å². The summed E-state index contributed by atoms with van der Waals surface area (Å²) < 4.78 is 29.6. The van der Waals surface area contributed by atoms with E-state index in [0.717, 1.165) is 0 Å². The van der Waals surface area contributed by atoms with Crippen molar-refractivity contribution in [1.82, 2.24) is 0 Å². The molecule has 1 unspecified atom stereocenters. The first-order chi connectivity index (χ1) is 6.18. The van der Waals surface area contributed by atoms with Crippen LogP contribution < -0.4 is 0 Å². The number of fused-ring (bicyclic) bond motifs is 1. The molecule has 1 atom stereocenters. The van der Waals surface area contributed by atoms with Gasteiger partial charge in [0, 0.05) is 18.8 Å². The summed E-state index contributed by atoms with van der Waals surface area (Å²) in [6.45, 7) is 0. The van der Waals surface area contributed by atoms with Crippen LogP contribution in [0.15, 0.2) is 16.7 Å². The summed E-state index contributed by atoms with van der Waals surface area (Å²) in [7, 11) is 0. The Kier molecular flexibility index (Phi) is 1.90. The minimum absolute atomic E-state index is 0.0653. The second kappa shape index (κ2) is 2.94. The van der Waals surface area contributed by atoms with Gasteiger partial charge in [-0.1, -0.05) is 0 Å². The Bertz CT molecular complexity index is 330. The Balaban J connectivity index is 2.29. The van der Waals surface area contributed by atoms with Crippen LogP contribution in [0, 0.1) is 5.92 Å².